The first-order chi connectivity index (χ1) is 20.5. The quantitative estimate of drug-likeness (QED) is 0.384. The molecule has 0 amide bonds. The molecule has 6 rings (SSSR count). The standard InChI is InChI=1S/C34H41N3O5/c1-3-24-16-23(17-25-10-13-36(18-29(24)25)26-12-15-41-21-26)20-42-33-22(2)6-4-7-27(33)30-8-5-9-32(35-30)37-14-11-28(34(39)40)31(37)19-38/h4-9,16-17,26,28,31,38H,3,10-15,18-21H2,1-2H3,(H,39,40). The number of carbonyl (C=O) groups is 1. The first-order valence-electron chi connectivity index (χ1n) is 15.2. The average molecular weight is 572 g/mol. The Morgan fingerprint density at radius 1 is 1.14 bits per heavy atom. The molecule has 3 atom stereocenters. The van der Waals surface area contributed by atoms with Crippen molar-refractivity contribution in [3.8, 4) is 17.0 Å². The summed E-state index contributed by atoms with van der Waals surface area (Å²) in [6, 6.07) is 16.5. The Labute approximate surface area is 247 Å². The lowest BCUT2D eigenvalue weighted by molar-refractivity contribution is -0.142. The van der Waals surface area contributed by atoms with Crippen molar-refractivity contribution in [3.05, 3.63) is 76.3 Å². The molecular formula is C34H41N3O5. The van der Waals surface area contributed by atoms with E-state index in [1.807, 2.05) is 48.2 Å². The second-order valence-electron chi connectivity index (χ2n) is 11.8. The van der Waals surface area contributed by atoms with Gasteiger partial charge in [0.1, 0.15) is 18.2 Å². The summed E-state index contributed by atoms with van der Waals surface area (Å²) >= 11 is 0. The van der Waals surface area contributed by atoms with Crippen molar-refractivity contribution >= 4 is 11.8 Å². The van der Waals surface area contributed by atoms with Gasteiger partial charge >= 0.3 is 5.97 Å². The van der Waals surface area contributed by atoms with Crippen LogP contribution in [-0.4, -0.2) is 71.1 Å². The summed E-state index contributed by atoms with van der Waals surface area (Å²) in [5.41, 5.74) is 8.19. The van der Waals surface area contributed by atoms with Gasteiger partial charge < -0.3 is 24.6 Å². The summed E-state index contributed by atoms with van der Waals surface area (Å²) in [6.45, 7) is 8.86. The Morgan fingerprint density at radius 3 is 2.76 bits per heavy atom. The lowest BCUT2D eigenvalue weighted by Crippen LogP contribution is -2.40. The molecular weight excluding hydrogens is 530 g/mol. The third-order valence-electron chi connectivity index (χ3n) is 9.28. The lowest BCUT2D eigenvalue weighted by Gasteiger charge is -2.34. The zero-order valence-electron chi connectivity index (χ0n) is 24.6. The molecule has 8 heteroatoms. The van der Waals surface area contributed by atoms with Crippen LogP contribution in [0, 0.1) is 12.8 Å². The van der Waals surface area contributed by atoms with Crippen LogP contribution in [0.5, 0.6) is 5.75 Å². The molecule has 0 radical (unpaired) electrons. The fraction of sp³-hybridized carbons (Fsp3) is 0.471. The van der Waals surface area contributed by atoms with Gasteiger partial charge in [-0.15, -0.1) is 0 Å². The number of hydrogen-bond acceptors (Lipinski definition) is 7. The van der Waals surface area contributed by atoms with Gasteiger partial charge in [-0.1, -0.05) is 37.3 Å². The largest absolute Gasteiger partial charge is 0.488 e. The van der Waals surface area contributed by atoms with E-state index in [0.29, 0.717) is 31.4 Å². The van der Waals surface area contributed by atoms with E-state index in [2.05, 4.69) is 24.0 Å². The van der Waals surface area contributed by atoms with Crippen molar-refractivity contribution in [1.29, 1.82) is 0 Å². The van der Waals surface area contributed by atoms with E-state index in [0.717, 1.165) is 68.1 Å². The molecule has 0 bridgehead atoms. The first-order valence-corrected chi connectivity index (χ1v) is 15.2. The summed E-state index contributed by atoms with van der Waals surface area (Å²) in [6.07, 6.45) is 3.65. The lowest BCUT2D eigenvalue weighted by atomic mass is 9.90. The van der Waals surface area contributed by atoms with Crippen LogP contribution in [0.3, 0.4) is 0 Å². The number of aromatic nitrogens is 1. The number of ether oxygens (including phenoxy) is 2. The van der Waals surface area contributed by atoms with Gasteiger partial charge in [-0.05, 0) is 78.6 Å². The van der Waals surface area contributed by atoms with Crippen LogP contribution >= 0.6 is 0 Å². The number of benzene rings is 2. The van der Waals surface area contributed by atoms with Crippen molar-refractivity contribution in [2.45, 2.75) is 64.8 Å². The highest BCUT2D eigenvalue weighted by molar-refractivity contribution is 5.74. The monoisotopic (exact) mass is 571 g/mol. The number of anilines is 1. The molecule has 2 saturated heterocycles. The Kier molecular flexibility index (Phi) is 8.47. The molecule has 3 aliphatic heterocycles. The maximum atomic E-state index is 11.7. The van der Waals surface area contributed by atoms with E-state index in [4.69, 9.17) is 14.5 Å². The maximum Gasteiger partial charge on any atom is 0.308 e. The van der Waals surface area contributed by atoms with Gasteiger partial charge in [0.05, 0.1) is 30.9 Å². The highest BCUT2D eigenvalue weighted by Gasteiger charge is 2.39. The molecule has 2 aromatic carbocycles. The Hall–Kier alpha value is -3.46. The molecule has 3 aromatic rings. The predicted molar refractivity (Wildman–Crippen MR) is 162 cm³/mol. The molecule has 222 valence electrons. The van der Waals surface area contributed by atoms with Crippen LogP contribution in [0.4, 0.5) is 5.82 Å². The SMILES string of the molecule is CCc1cc(COc2c(C)cccc2-c2cccc(N3CCC(C(=O)O)C3CO)n2)cc2c1CN(C1CCOC1)CC2. The highest BCUT2D eigenvalue weighted by atomic mass is 16.5. The van der Waals surface area contributed by atoms with Crippen molar-refractivity contribution in [3.63, 3.8) is 0 Å². The number of aliphatic hydroxyl groups excluding tert-OH is 1. The molecule has 8 nitrogen and oxygen atoms in total. The molecule has 42 heavy (non-hydrogen) atoms. The van der Waals surface area contributed by atoms with E-state index < -0.39 is 17.9 Å². The Bertz CT molecular complexity index is 1420. The molecule has 0 spiro atoms. The van der Waals surface area contributed by atoms with Gasteiger partial charge in [0.25, 0.3) is 0 Å². The Morgan fingerprint density at radius 2 is 2.00 bits per heavy atom. The zero-order valence-corrected chi connectivity index (χ0v) is 24.6. The van der Waals surface area contributed by atoms with Crippen molar-refractivity contribution in [2.75, 3.05) is 37.8 Å². The van der Waals surface area contributed by atoms with Gasteiger partial charge in [-0.2, -0.15) is 0 Å². The topological polar surface area (TPSA) is 95.4 Å². The summed E-state index contributed by atoms with van der Waals surface area (Å²) in [5.74, 6) is -0.0175. The first kappa shape index (κ1) is 28.6. The van der Waals surface area contributed by atoms with Crippen LogP contribution in [-0.2, 0) is 35.5 Å². The fourth-order valence-corrected chi connectivity index (χ4v) is 6.95. The van der Waals surface area contributed by atoms with E-state index >= 15 is 0 Å². The molecule has 3 unspecified atom stereocenters. The molecule has 1 aromatic heterocycles. The Balaban J connectivity index is 1.23. The van der Waals surface area contributed by atoms with Gasteiger partial charge in [0.2, 0.25) is 0 Å². The number of rotatable bonds is 9. The normalized spacial score (nSPS) is 22.4. The third kappa shape index (κ3) is 5.63. The minimum Gasteiger partial charge on any atom is -0.488 e. The van der Waals surface area contributed by atoms with Crippen LogP contribution in [0.2, 0.25) is 0 Å². The predicted octanol–water partition coefficient (Wildman–Crippen LogP) is 4.62. The van der Waals surface area contributed by atoms with Crippen molar-refractivity contribution in [2.24, 2.45) is 5.92 Å². The van der Waals surface area contributed by atoms with Gasteiger partial charge in [-0.25, -0.2) is 4.98 Å². The second kappa shape index (κ2) is 12.4. The number of aryl methyl sites for hydroxylation is 2. The number of nitrogens with zero attached hydrogens (tertiary/aromatic N) is 3. The number of pyridine rings is 1. The van der Waals surface area contributed by atoms with E-state index in [1.54, 1.807) is 0 Å². The van der Waals surface area contributed by atoms with Crippen LogP contribution in [0.25, 0.3) is 11.3 Å². The zero-order chi connectivity index (χ0) is 29.2. The van der Waals surface area contributed by atoms with Gasteiger partial charge in [0.15, 0.2) is 0 Å². The summed E-state index contributed by atoms with van der Waals surface area (Å²) < 4.78 is 12.2. The van der Waals surface area contributed by atoms with Crippen LogP contribution < -0.4 is 9.64 Å². The number of aliphatic carboxylic acids is 1. The minimum atomic E-state index is -0.878. The second-order valence-corrected chi connectivity index (χ2v) is 11.8. The molecule has 0 saturated carbocycles. The summed E-state index contributed by atoms with van der Waals surface area (Å²) in [4.78, 5) is 21.2. The van der Waals surface area contributed by atoms with Crippen LogP contribution in [0.15, 0.2) is 48.5 Å². The number of aliphatic hydroxyl groups is 1. The number of hydrogen-bond donors (Lipinski definition) is 2. The third-order valence-corrected chi connectivity index (χ3v) is 9.28. The molecule has 3 aliphatic rings. The average Bonchev–Trinajstić information content (AvgIpc) is 3.70. The number of fused-ring (bicyclic) bond motifs is 1. The molecule has 2 N–H and O–H groups in total. The van der Waals surface area contributed by atoms with Crippen molar-refractivity contribution in [1.82, 2.24) is 9.88 Å². The number of para-hydroxylation sites is 1. The molecule has 0 aliphatic carbocycles. The smallest absolute Gasteiger partial charge is 0.308 e. The number of carboxylic acids is 1. The van der Waals surface area contributed by atoms with Gasteiger partial charge in [0, 0.05) is 37.8 Å². The van der Waals surface area contributed by atoms with E-state index in [1.165, 1.54) is 22.3 Å². The summed E-state index contributed by atoms with van der Waals surface area (Å²) in [7, 11) is 0. The minimum absolute atomic E-state index is 0.227. The van der Waals surface area contributed by atoms with Crippen molar-refractivity contribution < 1.29 is 24.5 Å². The number of carboxylic acid groups (broad SMARTS) is 1. The van der Waals surface area contributed by atoms with E-state index in [-0.39, 0.29) is 6.61 Å². The van der Waals surface area contributed by atoms with Crippen LogP contribution in [0.1, 0.15) is 47.6 Å². The maximum absolute atomic E-state index is 11.7. The molecule has 2 fully saturated rings. The van der Waals surface area contributed by atoms with Gasteiger partial charge in [-0.3, -0.25) is 9.69 Å². The fourth-order valence-electron chi connectivity index (χ4n) is 6.95. The highest BCUT2D eigenvalue weighted by Crippen LogP contribution is 2.36. The molecule has 4 heterocycles. The van der Waals surface area contributed by atoms with E-state index in [9.17, 15) is 15.0 Å². The summed E-state index contributed by atoms with van der Waals surface area (Å²) in [5, 5.41) is 19.6.